The molecule has 0 radical (unpaired) electrons. The van der Waals surface area contributed by atoms with E-state index in [1.54, 1.807) is 6.07 Å². The molecule has 21 heavy (non-hydrogen) atoms. The molecule has 114 valence electrons. The number of benzene rings is 1. The van der Waals surface area contributed by atoms with Crippen LogP contribution in [0.1, 0.15) is 16.8 Å². The number of halogens is 1. The third-order valence-electron chi connectivity index (χ3n) is 4.27. The number of nitrogens with zero attached hydrogens (tertiary/aromatic N) is 2. The van der Waals surface area contributed by atoms with Crippen LogP contribution in [0.5, 0.6) is 0 Å². The van der Waals surface area contributed by atoms with Crippen LogP contribution >= 0.6 is 15.9 Å². The molecule has 1 N–H and O–H groups in total. The molecule has 2 heterocycles. The van der Waals surface area contributed by atoms with Gasteiger partial charge >= 0.3 is 5.97 Å². The average Bonchev–Trinajstić information content (AvgIpc) is 2.97. The Morgan fingerprint density at radius 3 is 2.71 bits per heavy atom. The molecule has 0 amide bonds. The lowest BCUT2D eigenvalue weighted by atomic mass is 10.2. The quantitative estimate of drug-likeness (QED) is 0.900. The topological polar surface area (TPSA) is 53.0 Å². The third kappa shape index (κ3) is 3.22. The Kier molecular flexibility index (Phi) is 4.47. The summed E-state index contributed by atoms with van der Waals surface area (Å²) in [5, 5.41) is 9.07. The molecule has 2 saturated heterocycles. The summed E-state index contributed by atoms with van der Waals surface area (Å²) >= 11 is 3.35. The minimum Gasteiger partial charge on any atom is -0.478 e. The number of hydrogen-bond donors (Lipinski definition) is 1. The van der Waals surface area contributed by atoms with Gasteiger partial charge in [-0.3, -0.25) is 4.90 Å². The van der Waals surface area contributed by atoms with Crippen molar-refractivity contribution < 1.29 is 14.6 Å². The molecule has 1 unspecified atom stereocenters. The fraction of sp³-hybridized carbons (Fsp3) is 0.533. The zero-order valence-corrected chi connectivity index (χ0v) is 13.4. The Bertz CT molecular complexity index is 532. The maximum atomic E-state index is 11.1. The van der Waals surface area contributed by atoms with E-state index in [1.165, 1.54) is 0 Å². The Hall–Kier alpha value is -1.11. The van der Waals surface area contributed by atoms with Gasteiger partial charge in [-0.25, -0.2) is 4.79 Å². The first kappa shape index (κ1) is 14.8. The predicted octanol–water partition coefficient (Wildman–Crippen LogP) is 2.06. The van der Waals surface area contributed by atoms with Crippen LogP contribution in [-0.4, -0.2) is 61.4 Å². The first-order valence-corrected chi connectivity index (χ1v) is 8.04. The van der Waals surface area contributed by atoms with Crippen molar-refractivity contribution in [3.05, 3.63) is 28.2 Å². The molecule has 0 bridgehead atoms. The van der Waals surface area contributed by atoms with Crippen LogP contribution in [0.3, 0.4) is 0 Å². The molecule has 1 aromatic rings. The van der Waals surface area contributed by atoms with Gasteiger partial charge in [-0.1, -0.05) is 0 Å². The number of carboxylic acid groups (broad SMARTS) is 1. The van der Waals surface area contributed by atoms with Crippen LogP contribution in [0.15, 0.2) is 22.7 Å². The van der Waals surface area contributed by atoms with E-state index in [0.29, 0.717) is 16.1 Å². The molecular formula is C15H19BrN2O3. The fourth-order valence-electron chi connectivity index (χ4n) is 3.09. The molecule has 2 aliphatic heterocycles. The molecule has 1 atom stereocenters. The summed E-state index contributed by atoms with van der Waals surface area (Å²) in [5.41, 5.74) is 1.39. The van der Waals surface area contributed by atoms with Crippen molar-refractivity contribution in [3.63, 3.8) is 0 Å². The van der Waals surface area contributed by atoms with Crippen molar-refractivity contribution in [1.82, 2.24) is 4.90 Å². The van der Waals surface area contributed by atoms with Gasteiger partial charge in [-0.15, -0.1) is 0 Å². The summed E-state index contributed by atoms with van der Waals surface area (Å²) in [4.78, 5) is 15.9. The SMILES string of the molecule is O=C(O)c1ccc(N2CCC(N3CCOCC3)C2)cc1Br. The standard InChI is InChI=1S/C15H19BrN2O3/c16-14-9-11(1-2-13(14)15(19)20)18-4-3-12(10-18)17-5-7-21-8-6-17/h1-2,9,12H,3-8,10H2,(H,19,20). The maximum absolute atomic E-state index is 11.1. The maximum Gasteiger partial charge on any atom is 0.336 e. The number of carbonyl (C=O) groups is 1. The Morgan fingerprint density at radius 2 is 2.05 bits per heavy atom. The van der Waals surface area contributed by atoms with Crippen LogP contribution in [0, 0.1) is 0 Å². The van der Waals surface area contributed by atoms with Crippen molar-refractivity contribution in [1.29, 1.82) is 0 Å². The van der Waals surface area contributed by atoms with Gasteiger partial charge in [0.05, 0.1) is 18.8 Å². The number of ether oxygens (including phenoxy) is 1. The molecular weight excluding hydrogens is 336 g/mol. The monoisotopic (exact) mass is 354 g/mol. The molecule has 2 fully saturated rings. The van der Waals surface area contributed by atoms with E-state index in [0.717, 1.165) is 51.5 Å². The van der Waals surface area contributed by atoms with Crippen molar-refractivity contribution in [2.45, 2.75) is 12.5 Å². The van der Waals surface area contributed by atoms with Crippen molar-refractivity contribution in [2.75, 3.05) is 44.3 Å². The molecule has 0 spiro atoms. The normalized spacial score (nSPS) is 23.5. The number of anilines is 1. The van der Waals surface area contributed by atoms with E-state index >= 15 is 0 Å². The van der Waals surface area contributed by atoms with Gasteiger partial charge in [-0.05, 0) is 40.5 Å². The van der Waals surface area contributed by atoms with Gasteiger partial charge in [0, 0.05) is 42.4 Å². The zero-order valence-electron chi connectivity index (χ0n) is 11.8. The van der Waals surface area contributed by atoms with Crippen LogP contribution in [0.2, 0.25) is 0 Å². The minimum atomic E-state index is -0.902. The molecule has 3 rings (SSSR count). The second kappa shape index (κ2) is 6.34. The van der Waals surface area contributed by atoms with Crippen molar-refractivity contribution in [3.8, 4) is 0 Å². The van der Waals surface area contributed by atoms with E-state index in [1.807, 2.05) is 12.1 Å². The number of aromatic carboxylic acids is 1. The first-order valence-electron chi connectivity index (χ1n) is 7.25. The first-order chi connectivity index (χ1) is 10.1. The lowest BCUT2D eigenvalue weighted by molar-refractivity contribution is 0.0209. The lowest BCUT2D eigenvalue weighted by Gasteiger charge is -2.32. The second-order valence-electron chi connectivity index (χ2n) is 5.51. The van der Waals surface area contributed by atoms with Gasteiger partial charge in [0.2, 0.25) is 0 Å². The van der Waals surface area contributed by atoms with E-state index in [9.17, 15) is 4.79 Å². The Labute approximate surface area is 132 Å². The Balaban J connectivity index is 1.68. The van der Waals surface area contributed by atoms with Gasteiger partial charge in [0.1, 0.15) is 0 Å². The summed E-state index contributed by atoms with van der Waals surface area (Å²) in [7, 11) is 0. The van der Waals surface area contributed by atoms with E-state index in [-0.39, 0.29) is 0 Å². The molecule has 0 aromatic heterocycles. The van der Waals surface area contributed by atoms with Gasteiger partial charge in [0.15, 0.2) is 0 Å². The highest BCUT2D eigenvalue weighted by Crippen LogP contribution is 2.28. The summed E-state index contributed by atoms with van der Waals surface area (Å²) in [6, 6.07) is 6.05. The molecule has 1 aromatic carbocycles. The molecule has 0 saturated carbocycles. The molecule has 5 nitrogen and oxygen atoms in total. The number of hydrogen-bond acceptors (Lipinski definition) is 4. The third-order valence-corrected chi connectivity index (χ3v) is 4.93. The van der Waals surface area contributed by atoms with Crippen LogP contribution in [0.4, 0.5) is 5.69 Å². The molecule has 0 aliphatic carbocycles. The fourth-order valence-corrected chi connectivity index (χ4v) is 3.63. The number of carboxylic acids is 1. The number of rotatable bonds is 3. The number of morpholine rings is 1. The van der Waals surface area contributed by atoms with Crippen molar-refractivity contribution in [2.24, 2.45) is 0 Å². The van der Waals surface area contributed by atoms with Crippen LogP contribution in [-0.2, 0) is 4.74 Å². The smallest absolute Gasteiger partial charge is 0.336 e. The lowest BCUT2D eigenvalue weighted by Crippen LogP contribution is -2.44. The van der Waals surface area contributed by atoms with E-state index in [4.69, 9.17) is 9.84 Å². The van der Waals surface area contributed by atoms with Gasteiger partial charge in [-0.2, -0.15) is 0 Å². The Morgan fingerprint density at radius 1 is 1.29 bits per heavy atom. The summed E-state index contributed by atoms with van der Waals surface area (Å²) < 4.78 is 6.05. The highest BCUT2D eigenvalue weighted by molar-refractivity contribution is 9.10. The van der Waals surface area contributed by atoms with Crippen LogP contribution in [0.25, 0.3) is 0 Å². The highest BCUT2D eigenvalue weighted by Gasteiger charge is 2.29. The van der Waals surface area contributed by atoms with Crippen molar-refractivity contribution >= 4 is 27.6 Å². The van der Waals surface area contributed by atoms with Gasteiger partial charge in [0.25, 0.3) is 0 Å². The van der Waals surface area contributed by atoms with Crippen LogP contribution < -0.4 is 4.90 Å². The average molecular weight is 355 g/mol. The minimum absolute atomic E-state index is 0.308. The van der Waals surface area contributed by atoms with E-state index < -0.39 is 5.97 Å². The largest absolute Gasteiger partial charge is 0.478 e. The second-order valence-corrected chi connectivity index (χ2v) is 6.36. The summed E-state index contributed by atoms with van der Waals surface area (Å²) in [6.07, 6.45) is 1.15. The predicted molar refractivity (Wildman–Crippen MR) is 84.1 cm³/mol. The van der Waals surface area contributed by atoms with Gasteiger partial charge < -0.3 is 14.7 Å². The zero-order chi connectivity index (χ0) is 14.8. The van der Waals surface area contributed by atoms with E-state index in [2.05, 4.69) is 25.7 Å². The highest BCUT2D eigenvalue weighted by atomic mass is 79.9. The summed E-state index contributed by atoms with van der Waals surface area (Å²) in [5.74, 6) is -0.902. The molecule has 6 heteroatoms. The molecule has 2 aliphatic rings. The summed E-state index contributed by atoms with van der Waals surface area (Å²) in [6.45, 7) is 5.70.